The number of pyridine rings is 1. The Balaban J connectivity index is 1.74. The van der Waals surface area contributed by atoms with E-state index in [1.165, 1.54) is 12.8 Å². The van der Waals surface area contributed by atoms with Crippen LogP contribution in [0, 0.1) is 5.92 Å². The van der Waals surface area contributed by atoms with Crippen LogP contribution in [-0.4, -0.2) is 24.4 Å². The first-order valence-electron chi connectivity index (χ1n) is 7.00. The number of hydrogen-bond donors (Lipinski definition) is 2. The van der Waals surface area contributed by atoms with Crippen molar-refractivity contribution in [2.45, 2.75) is 18.9 Å². The molecule has 1 aromatic heterocycles. The smallest absolute Gasteiger partial charge is 0.231 e. The van der Waals surface area contributed by atoms with Gasteiger partial charge in [0.05, 0.1) is 0 Å². The van der Waals surface area contributed by atoms with Crippen molar-refractivity contribution in [3.05, 3.63) is 24.4 Å². The van der Waals surface area contributed by atoms with Gasteiger partial charge in [0, 0.05) is 24.2 Å². The van der Waals surface area contributed by atoms with Crippen LogP contribution < -0.4 is 20.5 Å². The highest BCUT2D eigenvalue weighted by atomic mass is 16.7. The molecule has 1 aliphatic heterocycles. The molecule has 5 heteroatoms. The largest absolute Gasteiger partial charge is 0.454 e. The summed E-state index contributed by atoms with van der Waals surface area (Å²) in [6, 6.07) is 6.28. The Morgan fingerprint density at radius 2 is 2.10 bits per heavy atom. The minimum atomic E-state index is 0.287. The number of rotatable bonds is 4. The maximum atomic E-state index is 5.86. The van der Waals surface area contributed by atoms with E-state index in [1.54, 1.807) is 0 Å². The molecule has 0 radical (unpaired) electrons. The van der Waals surface area contributed by atoms with Crippen molar-refractivity contribution in [1.82, 2.24) is 4.98 Å². The average Bonchev–Trinajstić information content (AvgIpc) is 3.21. The van der Waals surface area contributed by atoms with Crippen LogP contribution >= 0.6 is 0 Å². The van der Waals surface area contributed by atoms with Gasteiger partial charge in [0.1, 0.15) is 5.82 Å². The SMILES string of the molecule is NCC(Nc1nccc2cc3c(cc12)OCO3)C1CC1. The van der Waals surface area contributed by atoms with Crippen LogP contribution in [0.4, 0.5) is 5.82 Å². The lowest BCUT2D eigenvalue weighted by atomic mass is 10.1. The second kappa shape index (κ2) is 4.52. The molecule has 0 spiro atoms. The van der Waals surface area contributed by atoms with Crippen LogP contribution in [0.2, 0.25) is 0 Å². The molecule has 1 atom stereocenters. The van der Waals surface area contributed by atoms with Gasteiger partial charge < -0.3 is 20.5 Å². The van der Waals surface area contributed by atoms with Crippen molar-refractivity contribution in [2.75, 3.05) is 18.7 Å². The van der Waals surface area contributed by atoms with Gasteiger partial charge in [0.15, 0.2) is 11.5 Å². The lowest BCUT2D eigenvalue weighted by molar-refractivity contribution is 0.174. The molecule has 0 saturated heterocycles. The molecule has 2 aliphatic rings. The van der Waals surface area contributed by atoms with Gasteiger partial charge >= 0.3 is 0 Å². The first kappa shape index (κ1) is 11.8. The zero-order chi connectivity index (χ0) is 13.5. The van der Waals surface area contributed by atoms with Crippen molar-refractivity contribution in [3.8, 4) is 11.5 Å². The van der Waals surface area contributed by atoms with Crippen LogP contribution in [0.3, 0.4) is 0 Å². The predicted octanol–water partition coefficient (Wildman–Crippen LogP) is 2.11. The summed E-state index contributed by atoms with van der Waals surface area (Å²) in [6.07, 6.45) is 4.32. The Hall–Kier alpha value is -2.01. The number of nitrogens with zero attached hydrogens (tertiary/aromatic N) is 1. The van der Waals surface area contributed by atoms with Crippen LogP contribution in [-0.2, 0) is 0 Å². The lowest BCUT2D eigenvalue weighted by Gasteiger charge is -2.18. The highest BCUT2D eigenvalue weighted by Gasteiger charge is 2.30. The topological polar surface area (TPSA) is 69.4 Å². The highest BCUT2D eigenvalue weighted by molar-refractivity contribution is 5.94. The molecule has 2 aromatic rings. The summed E-state index contributed by atoms with van der Waals surface area (Å²) < 4.78 is 10.9. The summed E-state index contributed by atoms with van der Waals surface area (Å²) in [5.74, 6) is 3.14. The summed E-state index contributed by atoms with van der Waals surface area (Å²) >= 11 is 0. The molecular weight excluding hydrogens is 254 g/mol. The Labute approximate surface area is 117 Å². The maximum Gasteiger partial charge on any atom is 0.231 e. The van der Waals surface area contributed by atoms with Gasteiger partial charge in [-0.15, -0.1) is 0 Å². The van der Waals surface area contributed by atoms with Gasteiger partial charge in [0.25, 0.3) is 0 Å². The summed E-state index contributed by atoms with van der Waals surface area (Å²) in [6.45, 7) is 0.919. The standard InChI is InChI=1S/C15H17N3O2/c16-7-12(9-1-2-9)18-15-11-6-14-13(19-8-20-14)5-10(11)3-4-17-15/h3-6,9,12H,1-2,7-8,16H2,(H,17,18). The minimum Gasteiger partial charge on any atom is -0.454 e. The van der Waals surface area contributed by atoms with Crippen molar-refractivity contribution in [3.63, 3.8) is 0 Å². The molecule has 0 amide bonds. The Morgan fingerprint density at radius 1 is 1.30 bits per heavy atom. The first-order chi connectivity index (χ1) is 9.85. The third-order valence-electron chi connectivity index (χ3n) is 4.02. The second-order valence-electron chi connectivity index (χ2n) is 5.41. The van der Waals surface area contributed by atoms with Crippen LogP contribution in [0.1, 0.15) is 12.8 Å². The molecule has 1 aromatic carbocycles. The van der Waals surface area contributed by atoms with Gasteiger partial charge in [-0.3, -0.25) is 0 Å². The predicted molar refractivity (Wildman–Crippen MR) is 77.1 cm³/mol. The molecule has 1 fully saturated rings. The molecule has 1 aliphatic carbocycles. The number of ether oxygens (including phenoxy) is 2. The van der Waals surface area contributed by atoms with E-state index in [1.807, 2.05) is 24.4 Å². The van der Waals surface area contributed by atoms with Gasteiger partial charge in [-0.1, -0.05) is 0 Å². The molecule has 2 heterocycles. The summed E-state index contributed by atoms with van der Waals surface area (Å²) in [7, 11) is 0. The summed E-state index contributed by atoms with van der Waals surface area (Å²) in [5, 5.41) is 5.64. The van der Waals surface area contributed by atoms with E-state index in [0.29, 0.717) is 18.5 Å². The van der Waals surface area contributed by atoms with Gasteiger partial charge in [-0.25, -0.2) is 4.98 Å². The number of benzene rings is 1. The minimum absolute atomic E-state index is 0.287. The van der Waals surface area contributed by atoms with E-state index in [-0.39, 0.29) is 6.79 Å². The molecule has 3 N–H and O–H groups in total. The monoisotopic (exact) mass is 271 g/mol. The van der Waals surface area contributed by atoms with Crippen LogP contribution in [0.5, 0.6) is 11.5 Å². The van der Waals surface area contributed by atoms with Crippen molar-refractivity contribution >= 4 is 16.6 Å². The fourth-order valence-electron chi connectivity index (χ4n) is 2.72. The Bertz CT molecular complexity index is 655. The fourth-order valence-corrected chi connectivity index (χ4v) is 2.72. The van der Waals surface area contributed by atoms with E-state index in [0.717, 1.165) is 28.1 Å². The molecular formula is C15H17N3O2. The summed E-state index contributed by atoms with van der Waals surface area (Å²) in [5.41, 5.74) is 5.86. The number of anilines is 1. The van der Waals surface area contributed by atoms with Crippen molar-refractivity contribution < 1.29 is 9.47 Å². The molecule has 4 rings (SSSR count). The second-order valence-corrected chi connectivity index (χ2v) is 5.41. The van der Waals surface area contributed by atoms with Gasteiger partial charge in [-0.05, 0) is 42.3 Å². The third kappa shape index (κ3) is 1.94. The van der Waals surface area contributed by atoms with E-state index >= 15 is 0 Å². The molecule has 20 heavy (non-hydrogen) atoms. The number of nitrogens with two attached hydrogens (primary N) is 1. The summed E-state index contributed by atoms with van der Waals surface area (Å²) in [4.78, 5) is 4.47. The van der Waals surface area contributed by atoms with E-state index in [9.17, 15) is 0 Å². The van der Waals surface area contributed by atoms with Gasteiger partial charge in [-0.2, -0.15) is 0 Å². The number of hydrogen-bond acceptors (Lipinski definition) is 5. The van der Waals surface area contributed by atoms with E-state index < -0.39 is 0 Å². The molecule has 104 valence electrons. The normalized spacial score (nSPS) is 18.2. The third-order valence-corrected chi connectivity index (χ3v) is 4.02. The number of nitrogens with one attached hydrogen (secondary N) is 1. The number of aromatic nitrogens is 1. The highest BCUT2D eigenvalue weighted by Crippen LogP contribution is 2.39. The van der Waals surface area contributed by atoms with Crippen LogP contribution in [0.25, 0.3) is 10.8 Å². The van der Waals surface area contributed by atoms with Gasteiger partial charge in [0.2, 0.25) is 6.79 Å². The number of fused-ring (bicyclic) bond motifs is 2. The molecule has 1 unspecified atom stereocenters. The van der Waals surface area contributed by atoms with E-state index in [4.69, 9.17) is 15.2 Å². The van der Waals surface area contributed by atoms with Crippen molar-refractivity contribution in [2.24, 2.45) is 11.7 Å². The maximum absolute atomic E-state index is 5.86. The van der Waals surface area contributed by atoms with Crippen molar-refractivity contribution in [1.29, 1.82) is 0 Å². The zero-order valence-electron chi connectivity index (χ0n) is 11.1. The fraction of sp³-hybridized carbons (Fsp3) is 0.400. The lowest BCUT2D eigenvalue weighted by Crippen LogP contribution is -2.31. The molecule has 0 bridgehead atoms. The Kier molecular flexibility index (Phi) is 2.67. The molecule has 5 nitrogen and oxygen atoms in total. The Morgan fingerprint density at radius 3 is 2.85 bits per heavy atom. The zero-order valence-corrected chi connectivity index (χ0v) is 11.1. The first-order valence-corrected chi connectivity index (χ1v) is 7.00. The van der Waals surface area contributed by atoms with E-state index in [2.05, 4.69) is 10.3 Å². The average molecular weight is 271 g/mol. The molecule has 1 saturated carbocycles. The quantitative estimate of drug-likeness (QED) is 0.891. The van der Waals surface area contributed by atoms with Crippen LogP contribution in [0.15, 0.2) is 24.4 Å².